The number of ether oxygens (including phenoxy) is 2. The van der Waals surface area contributed by atoms with Crippen molar-refractivity contribution in [3.8, 4) is 0 Å². The van der Waals surface area contributed by atoms with Gasteiger partial charge in [0.2, 0.25) is 0 Å². The van der Waals surface area contributed by atoms with Gasteiger partial charge in [0, 0.05) is 43.2 Å². The Kier molecular flexibility index (Phi) is 4.02. The lowest BCUT2D eigenvalue weighted by Gasteiger charge is -2.26. The molecule has 0 amide bonds. The summed E-state index contributed by atoms with van der Waals surface area (Å²) in [4.78, 5) is 35.1. The van der Waals surface area contributed by atoms with Crippen LogP contribution < -0.4 is 5.43 Å². The number of ketones is 1. The Hall–Kier alpha value is -2.09. The number of allylic oxidation sites excluding steroid dienone is 3. The third-order valence-electron chi connectivity index (χ3n) is 3.44. The molecule has 0 saturated carbocycles. The first-order valence-corrected chi connectivity index (χ1v) is 7.79. The monoisotopic (exact) mass is 322 g/mol. The van der Waals surface area contributed by atoms with Crippen LogP contribution in [-0.4, -0.2) is 42.3 Å². The van der Waals surface area contributed by atoms with Crippen LogP contribution in [0.2, 0.25) is 0 Å². The van der Waals surface area contributed by atoms with Crippen molar-refractivity contribution in [2.75, 3.05) is 18.9 Å². The molecule has 0 radical (unpaired) electrons. The van der Waals surface area contributed by atoms with Gasteiger partial charge in [-0.3, -0.25) is 9.59 Å². The van der Waals surface area contributed by atoms with Gasteiger partial charge in [-0.05, 0) is 0 Å². The SMILES string of the molecule is CC(=O)OCC(=O)OC1=CC(=O)C2=C(C1)C1=NNCC1CS2. The Balaban J connectivity index is 1.71. The molecule has 0 saturated heterocycles. The Morgan fingerprint density at radius 2 is 2.32 bits per heavy atom. The van der Waals surface area contributed by atoms with E-state index in [1.165, 1.54) is 24.8 Å². The fourth-order valence-electron chi connectivity index (χ4n) is 2.50. The Labute approximate surface area is 130 Å². The Morgan fingerprint density at radius 3 is 3.09 bits per heavy atom. The summed E-state index contributed by atoms with van der Waals surface area (Å²) in [7, 11) is 0. The van der Waals surface area contributed by atoms with Gasteiger partial charge in [-0.25, -0.2) is 4.79 Å². The highest BCUT2D eigenvalue weighted by Gasteiger charge is 2.36. The van der Waals surface area contributed by atoms with E-state index in [0.29, 0.717) is 11.3 Å². The standard InChI is InChI=1S/C14H14N2O5S/c1-7(17)20-5-12(19)21-9-2-10-13-8(4-15-16-13)6-22-14(10)11(18)3-9/h3,8,15H,2,4-6H2,1H3. The molecule has 2 aliphatic heterocycles. The van der Waals surface area contributed by atoms with Crippen LogP contribution in [-0.2, 0) is 23.9 Å². The molecule has 22 heavy (non-hydrogen) atoms. The summed E-state index contributed by atoms with van der Waals surface area (Å²) in [6.45, 7) is 1.50. The fraction of sp³-hybridized carbons (Fsp3) is 0.429. The third-order valence-corrected chi connectivity index (χ3v) is 4.75. The van der Waals surface area contributed by atoms with Crippen molar-refractivity contribution in [1.82, 2.24) is 5.43 Å². The van der Waals surface area contributed by atoms with Crippen LogP contribution in [0.5, 0.6) is 0 Å². The molecule has 3 aliphatic rings. The maximum Gasteiger partial charge on any atom is 0.349 e. The smallest absolute Gasteiger partial charge is 0.349 e. The highest BCUT2D eigenvalue weighted by atomic mass is 32.2. The van der Waals surface area contributed by atoms with E-state index in [2.05, 4.69) is 15.3 Å². The lowest BCUT2D eigenvalue weighted by atomic mass is 9.91. The predicted octanol–water partition coefficient (Wildman–Crippen LogP) is 0.526. The second-order valence-electron chi connectivity index (χ2n) is 5.08. The molecule has 0 aromatic carbocycles. The average molecular weight is 322 g/mol. The molecule has 0 aromatic heterocycles. The molecular weight excluding hydrogens is 308 g/mol. The zero-order valence-electron chi connectivity index (χ0n) is 11.9. The molecule has 3 rings (SSSR count). The number of thioether (sulfide) groups is 1. The van der Waals surface area contributed by atoms with Crippen LogP contribution in [0, 0.1) is 5.92 Å². The van der Waals surface area contributed by atoms with Crippen molar-refractivity contribution in [2.45, 2.75) is 13.3 Å². The summed E-state index contributed by atoms with van der Waals surface area (Å²) in [6, 6.07) is 0. The first kappa shape index (κ1) is 14.8. The van der Waals surface area contributed by atoms with Gasteiger partial charge in [-0.15, -0.1) is 11.8 Å². The predicted molar refractivity (Wildman–Crippen MR) is 78.8 cm³/mol. The zero-order chi connectivity index (χ0) is 15.7. The normalized spacial score (nSPS) is 23.0. The molecule has 0 aromatic rings. The lowest BCUT2D eigenvalue weighted by molar-refractivity contribution is -0.155. The number of nitrogens with one attached hydrogen (secondary N) is 1. The van der Waals surface area contributed by atoms with Crippen molar-refractivity contribution >= 4 is 35.2 Å². The summed E-state index contributed by atoms with van der Waals surface area (Å²) in [5.74, 6) is -0.0661. The lowest BCUT2D eigenvalue weighted by Crippen LogP contribution is -2.28. The second kappa shape index (κ2) is 5.96. The number of esters is 2. The molecule has 7 nitrogen and oxygen atoms in total. The number of carbonyl (C=O) groups excluding carboxylic acids is 3. The molecular formula is C14H14N2O5S. The number of fused-ring (bicyclic) bond motifs is 2. The largest absolute Gasteiger partial charge is 0.454 e. The average Bonchev–Trinajstić information content (AvgIpc) is 2.94. The van der Waals surface area contributed by atoms with E-state index in [1.54, 1.807) is 0 Å². The highest BCUT2D eigenvalue weighted by molar-refractivity contribution is 8.04. The first-order valence-electron chi connectivity index (χ1n) is 6.80. The minimum atomic E-state index is -0.704. The van der Waals surface area contributed by atoms with Gasteiger partial charge in [-0.1, -0.05) is 0 Å². The van der Waals surface area contributed by atoms with Gasteiger partial charge >= 0.3 is 11.9 Å². The number of rotatable bonds is 3. The van der Waals surface area contributed by atoms with E-state index in [9.17, 15) is 14.4 Å². The van der Waals surface area contributed by atoms with Crippen LogP contribution in [0.15, 0.2) is 27.4 Å². The second-order valence-corrected chi connectivity index (χ2v) is 6.11. The number of nitrogens with zero attached hydrogens (tertiary/aromatic N) is 1. The van der Waals surface area contributed by atoms with Crippen LogP contribution in [0.25, 0.3) is 0 Å². The van der Waals surface area contributed by atoms with Crippen molar-refractivity contribution < 1.29 is 23.9 Å². The molecule has 1 atom stereocenters. The van der Waals surface area contributed by atoms with Crippen LogP contribution in [0.4, 0.5) is 0 Å². The molecule has 1 N–H and O–H groups in total. The molecule has 1 unspecified atom stereocenters. The van der Waals surface area contributed by atoms with Gasteiger partial charge in [0.15, 0.2) is 12.4 Å². The quantitative estimate of drug-likeness (QED) is 0.757. The van der Waals surface area contributed by atoms with Crippen molar-refractivity contribution in [2.24, 2.45) is 11.0 Å². The maximum absolute atomic E-state index is 12.2. The van der Waals surface area contributed by atoms with E-state index < -0.39 is 18.5 Å². The molecule has 0 spiro atoms. The Morgan fingerprint density at radius 1 is 1.50 bits per heavy atom. The molecule has 0 bridgehead atoms. The van der Waals surface area contributed by atoms with Crippen molar-refractivity contribution in [3.63, 3.8) is 0 Å². The molecule has 116 valence electrons. The minimum absolute atomic E-state index is 0.172. The summed E-state index contributed by atoms with van der Waals surface area (Å²) < 4.78 is 9.69. The first-order chi connectivity index (χ1) is 10.5. The van der Waals surface area contributed by atoms with Crippen LogP contribution >= 0.6 is 11.8 Å². The Bertz CT molecular complexity index is 650. The van der Waals surface area contributed by atoms with Gasteiger partial charge in [0.05, 0.1) is 10.6 Å². The number of hydrogen-bond donors (Lipinski definition) is 1. The van der Waals surface area contributed by atoms with E-state index in [4.69, 9.17) is 4.74 Å². The fourth-order valence-corrected chi connectivity index (χ4v) is 3.69. The minimum Gasteiger partial charge on any atom is -0.454 e. The molecule has 0 fully saturated rings. The summed E-state index contributed by atoms with van der Waals surface area (Å²) in [6.07, 6.45) is 1.66. The van der Waals surface area contributed by atoms with E-state index in [0.717, 1.165) is 23.6 Å². The van der Waals surface area contributed by atoms with Crippen molar-refractivity contribution in [1.29, 1.82) is 0 Å². The van der Waals surface area contributed by atoms with Gasteiger partial charge < -0.3 is 14.9 Å². The van der Waals surface area contributed by atoms with E-state index >= 15 is 0 Å². The highest BCUT2D eigenvalue weighted by Crippen LogP contribution is 2.39. The third kappa shape index (κ3) is 2.92. The van der Waals surface area contributed by atoms with Crippen molar-refractivity contribution in [3.05, 3.63) is 22.3 Å². The summed E-state index contributed by atoms with van der Waals surface area (Å²) in [5, 5.41) is 4.26. The summed E-state index contributed by atoms with van der Waals surface area (Å²) in [5.41, 5.74) is 4.65. The van der Waals surface area contributed by atoms with E-state index in [1.807, 2.05) is 0 Å². The zero-order valence-corrected chi connectivity index (χ0v) is 12.7. The van der Waals surface area contributed by atoms with E-state index in [-0.39, 0.29) is 17.5 Å². The van der Waals surface area contributed by atoms with Gasteiger partial charge in [0.25, 0.3) is 0 Å². The maximum atomic E-state index is 12.2. The topological polar surface area (TPSA) is 94.1 Å². The molecule has 1 aliphatic carbocycles. The number of hydrogen-bond acceptors (Lipinski definition) is 8. The van der Waals surface area contributed by atoms with Gasteiger partial charge in [-0.2, -0.15) is 5.10 Å². The van der Waals surface area contributed by atoms with Crippen LogP contribution in [0.1, 0.15) is 13.3 Å². The van der Waals surface area contributed by atoms with Gasteiger partial charge in [0.1, 0.15) is 5.76 Å². The van der Waals surface area contributed by atoms with Crippen LogP contribution in [0.3, 0.4) is 0 Å². The number of hydrazone groups is 1. The summed E-state index contributed by atoms with van der Waals surface area (Å²) >= 11 is 1.52. The molecule has 2 heterocycles. The molecule has 8 heteroatoms. The number of carbonyl (C=O) groups is 3.